The summed E-state index contributed by atoms with van der Waals surface area (Å²) >= 11 is 9.52. The van der Waals surface area contributed by atoms with Crippen molar-refractivity contribution < 1.29 is 0 Å². The molecule has 102 valence electrons. The first-order chi connectivity index (χ1) is 9.19. The van der Waals surface area contributed by atoms with E-state index in [9.17, 15) is 0 Å². The molecule has 0 saturated carbocycles. The molecule has 2 aromatic rings. The summed E-state index contributed by atoms with van der Waals surface area (Å²) in [5.41, 5.74) is 2.89. The first-order valence-corrected chi connectivity index (χ1v) is 9.89. The lowest BCUT2D eigenvalue weighted by Gasteiger charge is -2.12. The molecule has 1 N–H and O–H groups in total. The maximum Gasteiger partial charge on any atom is 0.0763 e. The summed E-state index contributed by atoms with van der Waals surface area (Å²) in [5.74, 6) is 2.47. The highest BCUT2D eigenvalue weighted by molar-refractivity contribution is 9.11. The fraction of sp³-hybridized carbons (Fsp3) is 0.429. The number of nitrogens with one attached hydrogen (secondary N) is 1. The number of hydrogen-bond acceptors (Lipinski definition) is 4. The molecule has 0 fully saturated rings. The maximum absolute atomic E-state index is 3.63. The van der Waals surface area contributed by atoms with E-state index in [0.717, 1.165) is 0 Å². The van der Waals surface area contributed by atoms with E-state index in [1.54, 1.807) is 10.4 Å². The van der Waals surface area contributed by atoms with Gasteiger partial charge in [-0.05, 0) is 65.3 Å². The Labute approximate surface area is 134 Å². The number of rotatable bonds is 3. The van der Waals surface area contributed by atoms with E-state index in [1.807, 2.05) is 22.7 Å². The van der Waals surface area contributed by atoms with E-state index in [0.29, 0.717) is 6.04 Å². The summed E-state index contributed by atoms with van der Waals surface area (Å²) in [5, 5.41) is 3.48. The quantitative estimate of drug-likeness (QED) is 0.813. The second-order valence-electron chi connectivity index (χ2n) is 4.73. The van der Waals surface area contributed by atoms with E-state index in [1.165, 1.54) is 37.0 Å². The van der Waals surface area contributed by atoms with Gasteiger partial charge in [-0.25, -0.2) is 0 Å². The number of halogens is 1. The molecule has 0 bridgehead atoms. The van der Waals surface area contributed by atoms with E-state index in [-0.39, 0.29) is 0 Å². The molecular formula is C14H16BrNS3. The first kappa shape index (κ1) is 14.1. The van der Waals surface area contributed by atoms with Crippen LogP contribution in [-0.2, 0) is 12.2 Å². The van der Waals surface area contributed by atoms with Crippen molar-refractivity contribution in [3.8, 4) is 0 Å². The third kappa shape index (κ3) is 2.81. The van der Waals surface area contributed by atoms with Gasteiger partial charge in [0.1, 0.15) is 0 Å². The normalized spacial score (nSPS) is 16.4. The average molecular weight is 374 g/mol. The van der Waals surface area contributed by atoms with Gasteiger partial charge in [0.25, 0.3) is 0 Å². The molecule has 19 heavy (non-hydrogen) atoms. The van der Waals surface area contributed by atoms with Gasteiger partial charge in [0.2, 0.25) is 0 Å². The Morgan fingerprint density at radius 2 is 2.05 bits per heavy atom. The molecule has 1 aliphatic rings. The highest BCUT2D eigenvalue weighted by Gasteiger charge is 2.21. The average Bonchev–Trinajstić information content (AvgIpc) is 2.95. The van der Waals surface area contributed by atoms with Crippen LogP contribution in [0.4, 0.5) is 0 Å². The lowest BCUT2D eigenvalue weighted by molar-refractivity contribution is 0.715. The topological polar surface area (TPSA) is 12.0 Å². The number of aryl methyl sites for hydroxylation is 2. The second-order valence-corrected chi connectivity index (χ2v) is 9.40. The molecule has 0 aromatic carbocycles. The molecule has 0 spiro atoms. The lowest BCUT2D eigenvalue weighted by atomic mass is 10.1. The van der Waals surface area contributed by atoms with Gasteiger partial charge in [0, 0.05) is 20.4 Å². The van der Waals surface area contributed by atoms with Crippen LogP contribution in [0, 0.1) is 6.92 Å². The monoisotopic (exact) mass is 373 g/mol. The Bertz CT molecular complexity index is 545. The predicted molar refractivity (Wildman–Crippen MR) is 91.8 cm³/mol. The molecule has 1 aliphatic heterocycles. The minimum atomic E-state index is 0.343. The molecule has 1 atom stereocenters. The summed E-state index contributed by atoms with van der Waals surface area (Å²) in [4.78, 5) is 4.46. The Balaban J connectivity index is 1.95. The zero-order valence-corrected chi connectivity index (χ0v) is 15.0. The van der Waals surface area contributed by atoms with Crippen molar-refractivity contribution in [2.24, 2.45) is 0 Å². The third-order valence-electron chi connectivity index (χ3n) is 3.38. The molecule has 1 unspecified atom stereocenters. The molecule has 0 saturated heterocycles. The van der Waals surface area contributed by atoms with Crippen LogP contribution < -0.4 is 5.32 Å². The highest BCUT2D eigenvalue weighted by atomic mass is 79.9. The van der Waals surface area contributed by atoms with Crippen LogP contribution >= 0.6 is 50.4 Å². The second kappa shape index (κ2) is 5.90. The van der Waals surface area contributed by atoms with Crippen LogP contribution in [-0.4, -0.2) is 12.8 Å². The van der Waals surface area contributed by atoms with Crippen molar-refractivity contribution in [3.63, 3.8) is 0 Å². The Hall–Kier alpha value is 0.190. The molecule has 0 radical (unpaired) electrons. The fourth-order valence-corrected chi connectivity index (χ4v) is 6.64. The van der Waals surface area contributed by atoms with Crippen LogP contribution in [0.5, 0.6) is 0 Å². The van der Waals surface area contributed by atoms with Crippen molar-refractivity contribution >= 4 is 50.4 Å². The number of thioether (sulfide) groups is 1. The molecule has 0 aliphatic carbocycles. The van der Waals surface area contributed by atoms with Crippen LogP contribution in [0.1, 0.15) is 31.8 Å². The summed E-state index contributed by atoms with van der Waals surface area (Å²) < 4.78 is 1.25. The first-order valence-electron chi connectivity index (χ1n) is 6.31. The van der Waals surface area contributed by atoms with Crippen molar-refractivity contribution in [3.05, 3.63) is 41.7 Å². The van der Waals surface area contributed by atoms with Gasteiger partial charge >= 0.3 is 0 Å². The van der Waals surface area contributed by atoms with Crippen molar-refractivity contribution in [2.45, 2.75) is 25.1 Å². The smallest absolute Gasteiger partial charge is 0.0763 e. The van der Waals surface area contributed by atoms with E-state index >= 15 is 0 Å². The maximum atomic E-state index is 3.63. The van der Waals surface area contributed by atoms with E-state index in [4.69, 9.17) is 0 Å². The minimum Gasteiger partial charge on any atom is -0.308 e. The van der Waals surface area contributed by atoms with Gasteiger partial charge in [-0.2, -0.15) is 11.8 Å². The largest absolute Gasteiger partial charge is 0.308 e. The molecule has 1 nitrogen and oxygen atoms in total. The third-order valence-corrected chi connectivity index (χ3v) is 7.89. The van der Waals surface area contributed by atoms with E-state index < -0.39 is 0 Å². The van der Waals surface area contributed by atoms with Gasteiger partial charge in [-0.15, -0.1) is 22.7 Å². The molecule has 3 rings (SSSR count). The summed E-state index contributed by atoms with van der Waals surface area (Å²) in [7, 11) is 2.06. The van der Waals surface area contributed by atoms with E-state index in [2.05, 4.69) is 59.1 Å². The van der Waals surface area contributed by atoms with Crippen LogP contribution in [0.2, 0.25) is 0 Å². The fourth-order valence-electron chi connectivity index (χ4n) is 2.36. The molecule has 5 heteroatoms. The van der Waals surface area contributed by atoms with Gasteiger partial charge in [0.15, 0.2) is 0 Å². The predicted octanol–water partition coefficient (Wildman–Crippen LogP) is 4.98. The summed E-state index contributed by atoms with van der Waals surface area (Å²) in [6, 6.07) is 5.05. The van der Waals surface area contributed by atoms with Gasteiger partial charge in [0.05, 0.1) is 9.83 Å². The van der Waals surface area contributed by atoms with Gasteiger partial charge < -0.3 is 5.32 Å². The standard InChI is InChI=1S/C14H16BrNS3/c1-8-5-11(19-14(8)15)13(16-2)12-6-9-7-17-4-3-10(9)18-12/h5-6,13,16H,3-4,7H2,1-2H3. The molecule has 3 heterocycles. The Morgan fingerprint density at radius 1 is 1.26 bits per heavy atom. The Morgan fingerprint density at radius 3 is 2.68 bits per heavy atom. The van der Waals surface area contributed by atoms with Crippen molar-refractivity contribution in [1.29, 1.82) is 0 Å². The summed E-state index contributed by atoms with van der Waals surface area (Å²) in [6.07, 6.45) is 1.24. The SMILES string of the molecule is CNC(c1cc(C)c(Br)s1)c1cc2c(s1)CCSC2. The van der Waals surface area contributed by atoms with Crippen LogP contribution in [0.15, 0.2) is 15.9 Å². The lowest BCUT2D eigenvalue weighted by Crippen LogP contribution is -2.15. The minimum absolute atomic E-state index is 0.343. The highest BCUT2D eigenvalue weighted by Crippen LogP contribution is 2.39. The number of thiophene rings is 2. The van der Waals surface area contributed by atoms with Crippen LogP contribution in [0.25, 0.3) is 0 Å². The van der Waals surface area contributed by atoms with Crippen molar-refractivity contribution in [2.75, 3.05) is 12.8 Å². The molecule has 0 amide bonds. The zero-order chi connectivity index (χ0) is 13.4. The number of hydrogen-bond donors (Lipinski definition) is 1. The zero-order valence-electron chi connectivity index (χ0n) is 11.0. The van der Waals surface area contributed by atoms with Crippen LogP contribution in [0.3, 0.4) is 0 Å². The van der Waals surface area contributed by atoms with Gasteiger partial charge in [-0.1, -0.05) is 0 Å². The van der Waals surface area contributed by atoms with Gasteiger partial charge in [-0.3, -0.25) is 0 Å². The van der Waals surface area contributed by atoms with Crippen molar-refractivity contribution in [1.82, 2.24) is 5.32 Å². The molecule has 2 aromatic heterocycles. The molecular weight excluding hydrogens is 358 g/mol. The number of fused-ring (bicyclic) bond motifs is 1. The summed E-state index contributed by atoms with van der Waals surface area (Å²) in [6.45, 7) is 2.16. The Kier molecular flexibility index (Phi) is 4.39.